The van der Waals surface area contributed by atoms with Crippen LogP contribution in [0.5, 0.6) is 0 Å². The first kappa shape index (κ1) is 15.1. The van der Waals surface area contributed by atoms with Gasteiger partial charge >= 0.3 is 0 Å². The topological polar surface area (TPSA) is 51.5 Å². The van der Waals surface area contributed by atoms with E-state index >= 15 is 0 Å². The molecule has 0 aliphatic rings. The summed E-state index contributed by atoms with van der Waals surface area (Å²) in [7, 11) is 1.62. The smallest absolute Gasteiger partial charge is 0.287 e. The number of carbonyl (C=O) groups is 1. The number of amides is 1. The van der Waals surface area contributed by atoms with E-state index in [4.69, 9.17) is 9.15 Å². The fourth-order valence-corrected chi connectivity index (χ4v) is 2.61. The lowest BCUT2D eigenvalue weighted by Gasteiger charge is -2.15. The third kappa shape index (κ3) is 3.61. The van der Waals surface area contributed by atoms with Crippen molar-refractivity contribution in [3.63, 3.8) is 0 Å². The lowest BCUT2D eigenvalue weighted by Crippen LogP contribution is -2.38. The Hall–Kier alpha value is -1.33. The van der Waals surface area contributed by atoms with Crippen molar-refractivity contribution < 1.29 is 13.9 Å². The highest BCUT2D eigenvalue weighted by Gasteiger charge is 2.16. The third-order valence-electron chi connectivity index (χ3n) is 3.06. The van der Waals surface area contributed by atoms with Crippen LogP contribution < -0.4 is 5.32 Å². The van der Waals surface area contributed by atoms with Crippen LogP contribution >= 0.6 is 15.9 Å². The minimum Gasteiger partial charge on any atom is -0.451 e. The van der Waals surface area contributed by atoms with Gasteiger partial charge in [0.05, 0.1) is 12.6 Å². The van der Waals surface area contributed by atoms with E-state index < -0.39 is 0 Å². The van der Waals surface area contributed by atoms with Gasteiger partial charge in [0.2, 0.25) is 0 Å². The molecule has 0 aliphatic heterocycles. The molecule has 1 aromatic heterocycles. The molecule has 20 heavy (non-hydrogen) atoms. The zero-order valence-electron chi connectivity index (χ0n) is 11.6. The van der Waals surface area contributed by atoms with E-state index in [1.165, 1.54) is 0 Å². The number of alkyl halides is 1. The van der Waals surface area contributed by atoms with Crippen LogP contribution in [0.2, 0.25) is 0 Å². The van der Waals surface area contributed by atoms with E-state index in [2.05, 4.69) is 21.2 Å². The summed E-state index contributed by atoms with van der Waals surface area (Å²) in [4.78, 5) is 12.2. The second kappa shape index (κ2) is 6.90. The molecular formula is C15H18BrNO3. The van der Waals surface area contributed by atoms with Gasteiger partial charge in [0.15, 0.2) is 5.76 Å². The Morgan fingerprint density at radius 1 is 1.45 bits per heavy atom. The molecule has 1 N–H and O–H groups in total. The number of rotatable bonds is 6. The fourth-order valence-electron chi connectivity index (χ4n) is 2.06. The van der Waals surface area contributed by atoms with Crippen molar-refractivity contribution in [2.75, 3.05) is 19.0 Å². The molecule has 2 aromatic rings. The van der Waals surface area contributed by atoms with E-state index in [1.807, 2.05) is 25.1 Å². The summed E-state index contributed by atoms with van der Waals surface area (Å²) in [6.07, 6.45) is 0.804. The van der Waals surface area contributed by atoms with Crippen molar-refractivity contribution in [2.45, 2.75) is 19.4 Å². The van der Waals surface area contributed by atoms with E-state index in [0.717, 1.165) is 28.3 Å². The monoisotopic (exact) mass is 339 g/mol. The standard InChI is InChI=1S/C15H18BrNO3/c1-10-3-4-13-11(7-10)8-14(20-13)15(18)17-12(5-6-16)9-19-2/h3-4,7-8,12H,5-6,9H2,1-2H3,(H,17,18). The third-order valence-corrected chi connectivity index (χ3v) is 3.51. The van der Waals surface area contributed by atoms with Crippen LogP contribution in [0, 0.1) is 6.92 Å². The Bertz CT molecular complexity index is 588. The second-order valence-corrected chi connectivity index (χ2v) is 5.55. The summed E-state index contributed by atoms with van der Waals surface area (Å²) in [5.41, 5.74) is 1.87. The molecule has 1 atom stereocenters. The Morgan fingerprint density at radius 2 is 2.25 bits per heavy atom. The number of halogens is 1. The van der Waals surface area contributed by atoms with E-state index in [9.17, 15) is 4.79 Å². The maximum absolute atomic E-state index is 12.2. The second-order valence-electron chi connectivity index (χ2n) is 4.76. The van der Waals surface area contributed by atoms with Crippen molar-refractivity contribution in [1.82, 2.24) is 5.32 Å². The quantitative estimate of drug-likeness (QED) is 0.821. The van der Waals surface area contributed by atoms with Gasteiger partial charge in [-0.3, -0.25) is 4.79 Å². The Balaban J connectivity index is 2.13. The number of ether oxygens (including phenoxy) is 1. The molecule has 2 rings (SSSR count). The molecule has 108 valence electrons. The number of methoxy groups -OCH3 is 1. The summed E-state index contributed by atoms with van der Waals surface area (Å²) >= 11 is 3.37. The first-order valence-electron chi connectivity index (χ1n) is 6.50. The molecular weight excluding hydrogens is 322 g/mol. The fraction of sp³-hybridized carbons (Fsp3) is 0.400. The predicted octanol–water partition coefficient (Wildman–Crippen LogP) is 3.27. The average Bonchev–Trinajstić information content (AvgIpc) is 2.82. The first-order chi connectivity index (χ1) is 9.63. The summed E-state index contributed by atoms with van der Waals surface area (Å²) < 4.78 is 10.7. The van der Waals surface area contributed by atoms with Gasteiger partial charge < -0.3 is 14.5 Å². The molecule has 0 saturated heterocycles. The normalized spacial score (nSPS) is 12.6. The number of carbonyl (C=O) groups excluding carboxylic acids is 1. The number of hydrogen-bond acceptors (Lipinski definition) is 3. The minimum atomic E-state index is -0.207. The highest BCUT2D eigenvalue weighted by Crippen LogP contribution is 2.20. The van der Waals surface area contributed by atoms with Crippen molar-refractivity contribution in [3.8, 4) is 0 Å². The van der Waals surface area contributed by atoms with Crippen molar-refractivity contribution in [1.29, 1.82) is 0 Å². The van der Waals surface area contributed by atoms with Crippen LogP contribution in [0.3, 0.4) is 0 Å². The van der Waals surface area contributed by atoms with Gasteiger partial charge in [0.25, 0.3) is 5.91 Å². The first-order valence-corrected chi connectivity index (χ1v) is 7.62. The summed E-state index contributed by atoms with van der Waals surface area (Å²) in [6, 6.07) is 7.59. The lowest BCUT2D eigenvalue weighted by atomic mass is 10.2. The molecule has 5 heteroatoms. The van der Waals surface area contributed by atoms with E-state index in [0.29, 0.717) is 12.4 Å². The molecule has 1 unspecified atom stereocenters. The van der Waals surface area contributed by atoms with Gasteiger partial charge in [-0.1, -0.05) is 27.6 Å². The van der Waals surface area contributed by atoms with Crippen LogP contribution in [0.15, 0.2) is 28.7 Å². The molecule has 4 nitrogen and oxygen atoms in total. The van der Waals surface area contributed by atoms with Crippen LogP contribution in [0.4, 0.5) is 0 Å². The van der Waals surface area contributed by atoms with Crippen molar-refractivity contribution in [2.24, 2.45) is 0 Å². The average molecular weight is 340 g/mol. The van der Waals surface area contributed by atoms with Gasteiger partial charge in [-0.15, -0.1) is 0 Å². The zero-order chi connectivity index (χ0) is 14.5. The van der Waals surface area contributed by atoms with E-state index in [1.54, 1.807) is 13.2 Å². The Morgan fingerprint density at radius 3 is 2.95 bits per heavy atom. The molecule has 1 aromatic carbocycles. The minimum absolute atomic E-state index is 0.0261. The molecule has 1 amide bonds. The van der Waals surface area contributed by atoms with Crippen LogP contribution in [0.1, 0.15) is 22.5 Å². The van der Waals surface area contributed by atoms with Crippen molar-refractivity contribution >= 4 is 32.8 Å². The number of fused-ring (bicyclic) bond motifs is 1. The SMILES string of the molecule is COCC(CCBr)NC(=O)c1cc2cc(C)ccc2o1. The number of benzene rings is 1. The Kier molecular flexibility index (Phi) is 5.20. The maximum Gasteiger partial charge on any atom is 0.287 e. The number of aryl methyl sites for hydroxylation is 1. The van der Waals surface area contributed by atoms with E-state index in [-0.39, 0.29) is 11.9 Å². The van der Waals surface area contributed by atoms with Crippen molar-refractivity contribution in [3.05, 3.63) is 35.6 Å². The molecule has 0 fully saturated rings. The summed E-state index contributed by atoms with van der Waals surface area (Å²) in [5.74, 6) is 0.128. The zero-order valence-corrected chi connectivity index (χ0v) is 13.2. The Labute approximate surface area is 126 Å². The van der Waals surface area contributed by atoms with Crippen LogP contribution in [0.25, 0.3) is 11.0 Å². The van der Waals surface area contributed by atoms with Gasteiger partial charge in [-0.25, -0.2) is 0 Å². The molecule has 0 saturated carbocycles. The van der Waals surface area contributed by atoms with Crippen LogP contribution in [-0.2, 0) is 4.74 Å². The number of furan rings is 1. The molecule has 1 heterocycles. The predicted molar refractivity (Wildman–Crippen MR) is 82.5 cm³/mol. The molecule has 0 radical (unpaired) electrons. The number of hydrogen-bond donors (Lipinski definition) is 1. The summed E-state index contributed by atoms with van der Waals surface area (Å²) in [6.45, 7) is 2.49. The maximum atomic E-state index is 12.2. The van der Waals surface area contributed by atoms with Crippen LogP contribution in [-0.4, -0.2) is 31.0 Å². The number of nitrogens with one attached hydrogen (secondary N) is 1. The van der Waals surface area contributed by atoms with Gasteiger partial charge in [0.1, 0.15) is 5.58 Å². The van der Waals surface area contributed by atoms with Gasteiger partial charge in [0, 0.05) is 17.8 Å². The highest BCUT2D eigenvalue weighted by molar-refractivity contribution is 9.09. The lowest BCUT2D eigenvalue weighted by molar-refractivity contribution is 0.0870. The molecule has 0 spiro atoms. The largest absolute Gasteiger partial charge is 0.451 e. The van der Waals surface area contributed by atoms with Gasteiger partial charge in [-0.2, -0.15) is 0 Å². The molecule has 0 bridgehead atoms. The summed E-state index contributed by atoms with van der Waals surface area (Å²) in [5, 5.41) is 4.67. The molecule has 0 aliphatic carbocycles. The van der Waals surface area contributed by atoms with Gasteiger partial charge in [-0.05, 0) is 31.5 Å². The highest BCUT2D eigenvalue weighted by atomic mass is 79.9.